The Kier molecular flexibility index (Phi) is 5.40. The van der Waals surface area contributed by atoms with Crippen molar-refractivity contribution in [3.8, 4) is 0 Å². The Morgan fingerprint density at radius 1 is 1.32 bits per heavy atom. The van der Waals surface area contributed by atoms with Gasteiger partial charge in [0, 0.05) is 6.61 Å². The van der Waals surface area contributed by atoms with Gasteiger partial charge in [0.2, 0.25) is 10.0 Å². The Hall–Kier alpha value is -1.51. The van der Waals surface area contributed by atoms with Crippen LogP contribution in [0.15, 0.2) is 24.3 Å². The summed E-state index contributed by atoms with van der Waals surface area (Å²) in [6.07, 6.45) is -0.224. The van der Waals surface area contributed by atoms with Gasteiger partial charge in [-0.05, 0) is 24.1 Å². The lowest BCUT2D eigenvalue weighted by Crippen LogP contribution is -2.41. The summed E-state index contributed by atoms with van der Waals surface area (Å²) in [5.74, 6) is -2.31. The minimum atomic E-state index is -3.88. The zero-order chi connectivity index (χ0) is 14.5. The van der Waals surface area contributed by atoms with Crippen LogP contribution in [0.2, 0.25) is 0 Å². The summed E-state index contributed by atoms with van der Waals surface area (Å²) < 4.78 is 38.1. The molecular weight excluding hydrogens is 277 g/mol. The highest BCUT2D eigenvalue weighted by Gasteiger charge is 2.23. The number of aliphatic hydroxyl groups is 1. The Morgan fingerprint density at radius 2 is 1.89 bits per heavy atom. The molecule has 1 rings (SSSR count). The molecule has 0 saturated carbocycles. The molecule has 0 heterocycles. The maximum Gasteiger partial charge on any atom is 0.321 e. The molecule has 1 aromatic rings. The molecular formula is C11H14FNO5S. The van der Waals surface area contributed by atoms with Crippen LogP contribution in [0, 0.1) is 5.82 Å². The van der Waals surface area contributed by atoms with E-state index in [2.05, 4.69) is 0 Å². The number of aliphatic carboxylic acids is 1. The summed E-state index contributed by atoms with van der Waals surface area (Å²) >= 11 is 0. The molecule has 1 aromatic carbocycles. The average molecular weight is 291 g/mol. The van der Waals surface area contributed by atoms with Crippen molar-refractivity contribution in [2.75, 3.05) is 6.61 Å². The monoisotopic (exact) mass is 291 g/mol. The first kappa shape index (κ1) is 15.5. The lowest BCUT2D eigenvalue weighted by molar-refractivity contribution is -0.139. The Balaban J connectivity index is 2.75. The van der Waals surface area contributed by atoms with E-state index in [4.69, 9.17) is 10.2 Å². The predicted octanol–water partition coefficient (Wildman–Crippen LogP) is 0.0807. The molecule has 0 aliphatic carbocycles. The van der Waals surface area contributed by atoms with Crippen LogP contribution in [0.3, 0.4) is 0 Å². The fourth-order valence-corrected chi connectivity index (χ4v) is 2.79. The molecule has 0 aromatic heterocycles. The number of carbonyl (C=O) groups is 1. The molecule has 19 heavy (non-hydrogen) atoms. The second-order valence-corrected chi connectivity index (χ2v) is 5.66. The van der Waals surface area contributed by atoms with Crippen LogP contribution in [0.5, 0.6) is 0 Å². The van der Waals surface area contributed by atoms with Crippen LogP contribution >= 0.6 is 0 Å². The smallest absolute Gasteiger partial charge is 0.321 e. The standard InChI is InChI=1S/C11H14FNO5S/c12-9-3-1-8(2-4-9)7-19(17,18)13-10(5-6-14)11(15)16/h1-4,10,13-14H,5-7H2,(H,15,16)/t10-/m1/s1. The largest absolute Gasteiger partial charge is 0.480 e. The summed E-state index contributed by atoms with van der Waals surface area (Å²) in [4.78, 5) is 10.8. The van der Waals surface area contributed by atoms with Crippen molar-refractivity contribution in [2.24, 2.45) is 0 Å². The van der Waals surface area contributed by atoms with Gasteiger partial charge in [0.05, 0.1) is 5.75 Å². The quantitative estimate of drug-likeness (QED) is 0.660. The fourth-order valence-electron chi connectivity index (χ4n) is 1.42. The molecule has 0 unspecified atom stereocenters. The summed E-state index contributed by atoms with van der Waals surface area (Å²) in [6, 6.07) is 3.46. The van der Waals surface area contributed by atoms with Gasteiger partial charge >= 0.3 is 5.97 Å². The van der Waals surface area contributed by atoms with E-state index in [0.717, 1.165) is 12.1 Å². The van der Waals surface area contributed by atoms with E-state index in [9.17, 15) is 17.6 Å². The minimum absolute atomic E-state index is 0.224. The maximum atomic E-state index is 12.7. The lowest BCUT2D eigenvalue weighted by Gasteiger charge is -2.13. The van der Waals surface area contributed by atoms with Gasteiger partial charge in [-0.15, -0.1) is 0 Å². The van der Waals surface area contributed by atoms with Crippen molar-refractivity contribution in [3.05, 3.63) is 35.6 Å². The van der Waals surface area contributed by atoms with Gasteiger partial charge in [-0.1, -0.05) is 12.1 Å². The summed E-state index contributed by atoms with van der Waals surface area (Å²) in [5.41, 5.74) is 0.335. The van der Waals surface area contributed by atoms with Crippen LogP contribution in [-0.2, 0) is 20.6 Å². The number of hydrogen-bond donors (Lipinski definition) is 3. The van der Waals surface area contributed by atoms with Gasteiger partial charge in [-0.2, -0.15) is 0 Å². The zero-order valence-electron chi connectivity index (χ0n) is 9.91. The fraction of sp³-hybridized carbons (Fsp3) is 0.364. The highest BCUT2D eigenvalue weighted by molar-refractivity contribution is 7.88. The minimum Gasteiger partial charge on any atom is -0.480 e. The van der Waals surface area contributed by atoms with Gasteiger partial charge in [0.15, 0.2) is 0 Å². The highest BCUT2D eigenvalue weighted by Crippen LogP contribution is 2.08. The number of hydrogen-bond acceptors (Lipinski definition) is 4. The van der Waals surface area contributed by atoms with Crippen molar-refractivity contribution in [3.63, 3.8) is 0 Å². The van der Waals surface area contributed by atoms with Crippen molar-refractivity contribution < 1.29 is 27.8 Å². The van der Waals surface area contributed by atoms with E-state index in [0.29, 0.717) is 5.56 Å². The second kappa shape index (κ2) is 6.60. The number of aliphatic hydroxyl groups excluding tert-OH is 1. The second-order valence-electron chi connectivity index (χ2n) is 3.91. The molecule has 1 atom stereocenters. The molecule has 0 aliphatic rings. The van der Waals surface area contributed by atoms with Crippen LogP contribution in [0.1, 0.15) is 12.0 Å². The molecule has 0 aliphatic heterocycles. The first-order valence-corrected chi connectivity index (χ1v) is 7.07. The molecule has 0 fully saturated rings. The number of rotatable bonds is 7. The number of benzene rings is 1. The molecule has 0 bridgehead atoms. The van der Waals surface area contributed by atoms with Crippen molar-refractivity contribution >= 4 is 16.0 Å². The maximum absolute atomic E-state index is 12.7. The van der Waals surface area contributed by atoms with Gasteiger partial charge in [-0.3, -0.25) is 4.79 Å². The third-order valence-electron chi connectivity index (χ3n) is 2.31. The van der Waals surface area contributed by atoms with Crippen molar-refractivity contribution in [1.82, 2.24) is 4.72 Å². The normalized spacial score (nSPS) is 13.2. The number of nitrogens with one attached hydrogen (secondary N) is 1. The van der Waals surface area contributed by atoms with Gasteiger partial charge in [0.1, 0.15) is 11.9 Å². The Labute approximate surface area is 109 Å². The highest BCUT2D eigenvalue weighted by atomic mass is 32.2. The molecule has 0 amide bonds. The number of carboxylic acids is 1. The van der Waals surface area contributed by atoms with E-state index < -0.39 is 40.2 Å². The van der Waals surface area contributed by atoms with Crippen LogP contribution in [-0.4, -0.2) is 37.2 Å². The lowest BCUT2D eigenvalue weighted by atomic mass is 10.2. The van der Waals surface area contributed by atoms with Gasteiger partial charge in [-0.25, -0.2) is 17.5 Å². The summed E-state index contributed by atoms with van der Waals surface area (Å²) in [5, 5.41) is 17.4. The number of halogens is 1. The first-order valence-electron chi connectivity index (χ1n) is 5.42. The molecule has 8 heteroatoms. The third-order valence-corrected chi connectivity index (χ3v) is 3.66. The Bertz CT molecular complexity index is 529. The van der Waals surface area contributed by atoms with Gasteiger partial charge in [0.25, 0.3) is 0 Å². The van der Waals surface area contributed by atoms with E-state index in [1.54, 1.807) is 0 Å². The SMILES string of the molecule is O=C(O)[C@@H](CCO)NS(=O)(=O)Cc1ccc(F)cc1. The molecule has 0 spiro atoms. The zero-order valence-corrected chi connectivity index (χ0v) is 10.7. The molecule has 3 N–H and O–H groups in total. The van der Waals surface area contributed by atoms with Crippen molar-refractivity contribution in [1.29, 1.82) is 0 Å². The van der Waals surface area contributed by atoms with Crippen molar-refractivity contribution in [2.45, 2.75) is 18.2 Å². The van der Waals surface area contributed by atoms with E-state index in [-0.39, 0.29) is 6.42 Å². The topological polar surface area (TPSA) is 104 Å². The first-order chi connectivity index (χ1) is 8.84. The molecule has 0 saturated heterocycles. The summed E-state index contributed by atoms with van der Waals surface area (Å²) in [7, 11) is -3.88. The number of sulfonamides is 1. The van der Waals surface area contributed by atoms with E-state index in [1.807, 2.05) is 4.72 Å². The summed E-state index contributed by atoms with van der Waals surface area (Å²) in [6.45, 7) is -0.448. The van der Waals surface area contributed by atoms with Gasteiger partial charge < -0.3 is 10.2 Å². The number of carboxylic acid groups (broad SMARTS) is 1. The Morgan fingerprint density at radius 3 is 2.37 bits per heavy atom. The molecule has 0 radical (unpaired) electrons. The molecule has 106 valence electrons. The average Bonchev–Trinajstić information content (AvgIpc) is 2.31. The predicted molar refractivity (Wildman–Crippen MR) is 65.3 cm³/mol. The molecule has 6 nitrogen and oxygen atoms in total. The van der Waals surface area contributed by atoms with Crippen LogP contribution < -0.4 is 4.72 Å². The van der Waals surface area contributed by atoms with E-state index in [1.165, 1.54) is 12.1 Å². The van der Waals surface area contributed by atoms with E-state index >= 15 is 0 Å². The van der Waals surface area contributed by atoms with Crippen LogP contribution in [0.25, 0.3) is 0 Å². The third kappa shape index (κ3) is 5.33. The van der Waals surface area contributed by atoms with Crippen LogP contribution in [0.4, 0.5) is 4.39 Å².